The Bertz CT molecular complexity index is 830. The van der Waals surface area contributed by atoms with Crippen molar-refractivity contribution in [2.75, 3.05) is 13.1 Å². The lowest BCUT2D eigenvalue weighted by molar-refractivity contribution is -0.126. The van der Waals surface area contributed by atoms with Gasteiger partial charge in [-0.1, -0.05) is 12.1 Å². The largest absolute Gasteiger partial charge is 0.478 e. The third-order valence-corrected chi connectivity index (χ3v) is 4.70. The average molecular weight is 367 g/mol. The van der Waals surface area contributed by atoms with Crippen molar-refractivity contribution in [3.8, 4) is 0 Å². The van der Waals surface area contributed by atoms with Crippen LogP contribution in [-0.2, 0) is 11.3 Å². The number of nitrogens with one attached hydrogen (secondary N) is 1. The molecule has 2 amide bonds. The van der Waals surface area contributed by atoms with Gasteiger partial charge in [0, 0.05) is 43.5 Å². The lowest BCUT2D eigenvalue weighted by Gasteiger charge is -2.31. The Morgan fingerprint density at radius 1 is 1.11 bits per heavy atom. The number of amides is 2. The van der Waals surface area contributed by atoms with Gasteiger partial charge >= 0.3 is 5.97 Å². The van der Waals surface area contributed by atoms with E-state index >= 15 is 0 Å². The molecule has 0 aliphatic carbocycles. The molecular weight excluding hydrogens is 346 g/mol. The van der Waals surface area contributed by atoms with Crippen molar-refractivity contribution in [1.82, 2.24) is 15.2 Å². The van der Waals surface area contributed by atoms with Crippen molar-refractivity contribution in [2.45, 2.75) is 19.4 Å². The summed E-state index contributed by atoms with van der Waals surface area (Å²) in [5.41, 5.74) is 1.39. The average Bonchev–Trinajstić information content (AvgIpc) is 2.72. The summed E-state index contributed by atoms with van der Waals surface area (Å²) < 4.78 is 0. The Hall–Kier alpha value is -3.22. The molecule has 2 N–H and O–H groups in total. The number of aromatic nitrogens is 1. The van der Waals surface area contributed by atoms with Crippen molar-refractivity contribution in [2.24, 2.45) is 5.92 Å². The fraction of sp³-hybridized carbons (Fsp3) is 0.300. The molecule has 0 atom stereocenters. The number of benzene rings is 1. The summed E-state index contributed by atoms with van der Waals surface area (Å²) in [6.07, 6.45) is 4.57. The second kappa shape index (κ2) is 8.44. The van der Waals surface area contributed by atoms with E-state index in [4.69, 9.17) is 5.11 Å². The monoisotopic (exact) mass is 367 g/mol. The second-order valence-electron chi connectivity index (χ2n) is 6.53. The Kier molecular flexibility index (Phi) is 5.80. The highest BCUT2D eigenvalue weighted by Crippen LogP contribution is 2.20. The number of carboxylic acid groups (broad SMARTS) is 1. The van der Waals surface area contributed by atoms with Crippen LogP contribution < -0.4 is 5.32 Å². The molecule has 0 unspecified atom stereocenters. The topological polar surface area (TPSA) is 99.6 Å². The van der Waals surface area contributed by atoms with Crippen LogP contribution in [0.3, 0.4) is 0 Å². The number of hydrogen-bond donors (Lipinski definition) is 2. The first-order valence-electron chi connectivity index (χ1n) is 8.84. The van der Waals surface area contributed by atoms with E-state index in [-0.39, 0.29) is 23.3 Å². The molecule has 1 aliphatic heterocycles. The number of carbonyl (C=O) groups excluding carboxylic acids is 2. The molecule has 2 aromatic rings. The van der Waals surface area contributed by atoms with Crippen LogP contribution in [-0.4, -0.2) is 45.9 Å². The quantitative estimate of drug-likeness (QED) is 0.841. The van der Waals surface area contributed by atoms with Crippen LogP contribution in [0.25, 0.3) is 0 Å². The van der Waals surface area contributed by atoms with Gasteiger partial charge in [0.15, 0.2) is 0 Å². The van der Waals surface area contributed by atoms with Gasteiger partial charge < -0.3 is 15.3 Å². The summed E-state index contributed by atoms with van der Waals surface area (Å²) in [7, 11) is 0. The van der Waals surface area contributed by atoms with Crippen LogP contribution in [0.1, 0.15) is 39.1 Å². The summed E-state index contributed by atoms with van der Waals surface area (Å²) in [6, 6.07) is 9.75. The molecule has 0 radical (unpaired) electrons. The molecular formula is C20H21N3O4. The van der Waals surface area contributed by atoms with Gasteiger partial charge in [0.1, 0.15) is 0 Å². The minimum Gasteiger partial charge on any atom is -0.478 e. The number of piperidine rings is 1. The summed E-state index contributed by atoms with van der Waals surface area (Å²) in [6.45, 7) is 1.38. The molecule has 1 aromatic heterocycles. The number of hydrogen-bond acceptors (Lipinski definition) is 4. The molecule has 0 saturated carbocycles. The van der Waals surface area contributed by atoms with E-state index in [0.29, 0.717) is 38.0 Å². The zero-order valence-electron chi connectivity index (χ0n) is 14.8. The molecule has 0 bridgehead atoms. The molecule has 1 saturated heterocycles. The van der Waals surface area contributed by atoms with Crippen LogP contribution in [0.4, 0.5) is 0 Å². The molecule has 1 aromatic carbocycles. The molecule has 1 aliphatic rings. The van der Waals surface area contributed by atoms with Crippen LogP contribution in [0.5, 0.6) is 0 Å². The SMILES string of the molecule is O=C(O)c1cccc(C(=O)N2CCC(C(=O)NCc3cccnc3)CC2)c1. The third-order valence-electron chi connectivity index (χ3n) is 4.70. The first-order valence-corrected chi connectivity index (χ1v) is 8.84. The summed E-state index contributed by atoms with van der Waals surface area (Å²) in [5.74, 6) is -1.41. The molecule has 3 rings (SSSR count). The number of carbonyl (C=O) groups is 3. The number of likely N-dealkylation sites (tertiary alicyclic amines) is 1. The standard InChI is InChI=1S/C20H21N3O4/c24-18(22-13-14-3-2-8-21-12-14)15-6-9-23(10-7-15)19(25)16-4-1-5-17(11-16)20(26)27/h1-5,8,11-12,15H,6-7,9-10,13H2,(H,22,24)(H,26,27). The number of nitrogens with zero attached hydrogens (tertiary/aromatic N) is 2. The lowest BCUT2D eigenvalue weighted by Crippen LogP contribution is -2.43. The van der Waals surface area contributed by atoms with E-state index in [1.54, 1.807) is 29.4 Å². The fourth-order valence-electron chi connectivity index (χ4n) is 3.15. The van der Waals surface area contributed by atoms with Gasteiger partial charge in [-0.25, -0.2) is 4.79 Å². The molecule has 7 nitrogen and oxygen atoms in total. The van der Waals surface area contributed by atoms with Crippen molar-refractivity contribution in [3.63, 3.8) is 0 Å². The van der Waals surface area contributed by atoms with Gasteiger partial charge in [-0.05, 0) is 42.7 Å². The van der Waals surface area contributed by atoms with Gasteiger partial charge in [-0.15, -0.1) is 0 Å². The highest BCUT2D eigenvalue weighted by molar-refractivity contribution is 5.97. The van der Waals surface area contributed by atoms with E-state index in [0.717, 1.165) is 5.56 Å². The maximum absolute atomic E-state index is 12.6. The second-order valence-corrected chi connectivity index (χ2v) is 6.53. The van der Waals surface area contributed by atoms with Crippen LogP contribution in [0, 0.1) is 5.92 Å². The van der Waals surface area contributed by atoms with E-state index in [1.807, 2.05) is 12.1 Å². The molecule has 1 fully saturated rings. The minimum atomic E-state index is -1.06. The summed E-state index contributed by atoms with van der Waals surface area (Å²) in [5, 5.41) is 12.0. The molecule has 140 valence electrons. The van der Waals surface area contributed by atoms with Crippen LogP contribution in [0.15, 0.2) is 48.8 Å². The highest BCUT2D eigenvalue weighted by Gasteiger charge is 2.28. The first-order chi connectivity index (χ1) is 13.0. The van der Waals surface area contributed by atoms with E-state index in [9.17, 15) is 14.4 Å². The molecule has 7 heteroatoms. The molecule has 2 heterocycles. The zero-order chi connectivity index (χ0) is 19.2. The molecule has 27 heavy (non-hydrogen) atoms. The van der Waals surface area contributed by atoms with E-state index in [1.165, 1.54) is 12.1 Å². The normalized spacial score (nSPS) is 14.6. The van der Waals surface area contributed by atoms with Crippen LogP contribution >= 0.6 is 0 Å². The van der Waals surface area contributed by atoms with Crippen molar-refractivity contribution in [3.05, 3.63) is 65.5 Å². The smallest absolute Gasteiger partial charge is 0.335 e. The van der Waals surface area contributed by atoms with Gasteiger partial charge in [0.05, 0.1) is 5.56 Å². The van der Waals surface area contributed by atoms with Gasteiger partial charge in [0.25, 0.3) is 5.91 Å². The van der Waals surface area contributed by atoms with E-state index in [2.05, 4.69) is 10.3 Å². The highest BCUT2D eigenvalue weighted by atomic mass is 16.4. The number of rotatable bonds is 5. The summed E-state index contributed by atoms with van der Waals surface area (Å²) >= 11 is 0. The zero-order valence-corrected chi connectivity index (χ0v) is 14.8. The number of carboxylic acids is 1. The first kappa shape index (κ1) is 18.6. The predicted octanol–water partition coefficient (Wildman–Crippen LogP) is 1.95. The van der Waals surface area contributed by atoms with Gasteiger partial charge in [-0.2, -0.15) is 0 Å². The molecule has 0 spiro atoms. The third kappa shape index (κ3) is 4.69. The Labute approximate surface area is 157 Å². The summed E-state index contributed by atoms with van der Waals surface area (Å²) in [4.78, 5) is 41.7. The van der Waals surface area contributed by atoms with Gasteiger partial charge in [0.2, 0.25) is 5.91 Å². The number of aromatic carboxylic acids is 1. The lowest BCUT2D eigenvalue weighted by atomic mass is 9.95. The van der Waals surface area contributed by atoms with Crippen LogP contribution in [0.2, 0.25) is 0 Å². The minimum absolute atomic E-state index is 0.0150. The Morgan fingerprint density at radius 2 is 1.85 bits per heavy atom. The van der Waals surface area contributed by atoms with E-state index < -0.39 is 5.97 Å². The maximum atomic E-state index is 12.6. The fourth-order valence-corrected chi connectivity index (χ4v) is 3.15. The maximum Gasteiger partial charge on any atom is 0.335 e. The van der Waals surface area contributed by atoms with Crippen molar-refractivity contribution in [1.29, 1.82) is 0 Å². The van der Waals surface area contributed by atoms with Gasteiger partial charge in [-0.3, -0.25) is 14.6 Å². The Morgan fingerprint density at radius 3 is 2.52 bits per heavy atom. The van der Waals surface area contributed by atoms with Crippen molar-refractivity contribution >= 4 is 17.8 Å². The number of pyridine rings is 1. The van der Waals surface area contributed by atoms with Crippen molar-refractivity contribution < 1.29 is 19.5 Å². The Balaban J connectivity index is 1.52. The predicted molar refractivity (Wildman–Crippen MR) is 98.1 cm³/mol.